The number of fused-ring (bicyclic) bond motifs is 3. The third-order valence-electron chi connectivity index (χ3n) is 5.01. The van der Waals surface area contributed by atoms with Gasteiger partial charge in [0.1, 0.15) is 0 Å². The lowest BCUT2D eigenvalue weighted by Crippen LogP contribution is -2.40. The third kappa shape index (κ3) is 2.16. The van der Waals surface area contributed by atoms with Gasteiger partial charge in [-0.2, -0.15) is 4.98 Å². The van der Waals surface area contributed by atoms with Gasteiger partial charge in [0.2, 0.25) is 5.95 Å². The Morgan fingerprint density at radius 1 is 1.27 bits per heavy atom. The van der Waals surface area contributed by atoms with E-state index in [1.807, 2.05) is 29.7 Å². The second-order valence-electron chi connectivity index (χ2n) is 6.72. The van der Waals surface area contributed by atoms with Crippen molar-refractivity contribution in [2.45, 2.75) is 26.4 Å². The molecule has 3 heterocycles. The lowest BCUT2D eigenvalue weighted by atomic mass is 10.2. The van der Waals surface area contributed by atoms with Gasteiger partial charge in [0.15, 0.2) is 11.2 Å². The maximum absolute atomic E-state index is 13.0. The van der Waals surface area contributed by atoms with Crippen LogP contribution in [0.1, 0.15) is 18.5 Å². The lowest BCUT2D eigenvalue weighted by Gasteiger charge is -2.16. The molecule has 7 heteroatoms. The van der Waals surface area contributed by atoms with E-state index >= 15 is 0 Å². The Bertz CT molecular complexity index is 1150. The van der Waals surface area contributed by atoms with Crippen LogP contribution < -0.4 is 16.1 Å². The molecule has 3 aromatic rings. The predicted molar refractivity (Wildman–Crippen MR) is 102 cm³/mol. The standard InChI is InChI=1S/C19H21N5O2/c1-5-13(3)24-17(25)15-16(21(4)19(24)26)20-18-22(9-10-23(15)18)14-8-6-7-12(2)11-14/h5-8,11,13H,1,9-10H2,2-4H3. The number of rotatable bonds is 3. The van der Waals surface area contributed by atoms with E-state index in [1.165, 1.54) is 9.13 Å². The van der Waals surface area contributed by atoms with Crippen molar-refractivity contribution in [3.8, 4) is 0 Å². The molecule has 1 aromatic carbocycles. The molecule has 1 unspecified atom stereocenters. The van der Waals surface area contributed by atoms with Crippen LogP contribution in [0.15, 0.2) is 46.5 Å². The summed E-state index contributed by atoms with van der Waals surface area (Å²) in [5.74, 6) is 0.696. The molecule has 7 nitrogen and oxygen atoms in total. The first-order chi connectivity index (χ1) is 12.4. The molecule has 0 saturated carbocycles. The van der Waals surface area contributed by atoms with Crippen LogP contribution in [0.5, 0.6) is 0 Å². The number of allylic oxidation sites excluding steroid dienone is 1. The highest BCUT2D eigenvalue weighted by Gasteiger charge is 2.29. The van der Waals surface area contributed by atoms with E-state index in [0.717, 1.165) is 17.8 Å². The average molecular weight is 351 g/mol. The Morgan fingerprint density at radius 3 is 2.73 bits per heavy atom. The first-order valence-corrected chi connectivity index (χ1v) is 8.62. The van der Waals surface area contributed by atoms with Gasteiger partial charge in [-0.1, -0.05) is 18.2 Å². The van der Waals surface area contributed by atoms with Crippen molar-refractivity contribution < 1.29 is 0 Å². The number of anilines is 2. The number of imidazole rings is 1. The summed E-state index contributed by atoms with van der Waals surface area (Å²) >= 11 is 0. The van der Waals surface area contributed by atoms with Gasteiger partial charge >= 0.3 is 5.69 Å². The summed E-state index contributed by atoms with van der Waals surface area (Å²) < 4.78 is 4.59. The maximum atomic E-state index is 13.0. The van der Waals surface area contributed by atoms with E-state index < -0.39 is 0 Å². The summed E-state index contributed by atoms with van der Waals surface area (Å²) in [4.78, 5) is 32.4. The first-order valence-electron chi connectivity index (χ1n) is 8.62. The molecular weight excluding hydrogens is 330 g/mol. The topological polar surface area (TPSA) is 65.1 Å². The molecule has 134 valence electrons. The molecule has 0 saturated heterocycles. The summed E-state index contributed by atoms with van der Waals surface area (Å²) in [6.45, 7) is 8.92. The second kappa shape index (κ2) is 5.72. The van der Waals surface area contributed by atoms with Crippen molar-refractivity contribution in [2.24, 2.45) is 7.05 Å². The molecule has 0 fully saturated rings. The highest BCUT2D eigenvalue weighted by molar-refractivity contribution is 5.77. The molecule has 1 aliphatic rings. The zero-order valence-corrected chi connectivity index (χ0v) is 15.1. The molecule has 0 spiro atoms. The Hall–Kier alpha value is -3.09. The lowest BCUT2D eigenvalue weighted by molar-refractivity contribution is 0.572. The summed E-state index contributed by atoms with van der Waals surface area (Å²) in [6.07, 6.45) is 1.59. The van der Waals surface area contributed by atoms with Gasteiger partial charge in [0.05, 0.1) is 6.04 Å². The number of hydrogen-bond donors (Lipinski definition) is 0. The zero-order valence-electron chi connectivity index (χ0n) is 15.1. The van der Waals surface area contributed by atoms with Crippen LogP contribution >= 0.6 is 0 Å². The number of aryl methyl sites for hydroxylation is 2. The van der Waals surface area contributed by atoms with Gasteiger partial charge in [0, 0.05) is 25.8 Å². The minimum atomic E-state index is -0.383. The zero-order chi connectivity index (χ0) is 18.6. The van der Waals surface area contributed by atoms with Crippen molar-refractivity contribution in [1.82, 2.24) is 18.7 Å². The van der Waals surface area contributed by atoms with Gasteiger partial charge in [-0.25, -0.2) is 4.79 Å². The Labute approximate surface area is 150 Å². The van der Waals surface area contributed by atoms with Gasteiger partial charge in [-0.15, -0.1) is 6.58 Å². The van der Waals surface area contributed by atoms with Gasteiger partial charge in [-0.3, -0.25) is 13.9 Å². The van der Waals surface area contributed by atoms with E-state index in [1.54, 1.807) is 20.0 Å². The first kappa shape index (κ1) is 16.4. The van der Waals surface area contributed by atoms with Crippen molar-refractivity contribution in [1.29, 1.82) is 0 Å². The van der Waals surface area contributed by atoms with E-state index in [0.29, 0.717) is 23.7 Å². The highest BCUT2D eigenvalue weighted by atomic mass is 16.2. The van der Waals surface area contributed by atoms with Crippen molar-refractivity contribution in [3.63, 3.8) is 0 Å². The monoisotopic (exact) mass is 351 g/mol. The largest absolute Gasteiger partial charge is 0.333 e. The van der Waals surface area contributed by atoms with Crippen molar-refractivity contribution in [2.75, 3.05) is 11.4 Å². The number of benzene rings is 1. The summed E-state index contributed by atoms with van der Waals surface area (Å²) in [5.41, 5.74) is 2.37. The van der Waals surface area contributed by atoms with Crippen LogP contribution in [-0.2, 0) is 13.6 Å². The average Bonchev–Trinajstić information content (AvgIpc) is 3.18. The van der Waals surface area contributed by atoms with E-state index in [2.05, 4.69) is 22.5 Å². The molecule has 1 aliphatic heterocycles. The fraction of sp³-hybridized carbons (Fsp3) is 0.316. The van der Waals surface area contributed by atoms with Crippen molar-refractivity contribution in [3.05, 3.63) is 63.3 Å². The molecule has 4 rings (SSSR count). The molecule has 0 bridgehead atoms. The minimum absolute atomic E-state index is 0.319. The number of nitrogens with zero attached hydrogens (tertiary/aromatic N) is 5. The second-order valence-corrected chi connectivity index (χ2v) is 6.72. The molecule has 0 amide bonds. The summed E-state index contributed by atoms with van der Waals surface area (Å²) in [6, 6.07) is 7.78. The third-order valence-corrected chi connectivity index (χ3v) is 5.01. The number of hydrogen-bond acceptors (Lipinski definition) is 4. The molecular formula is C19H21N5O2. The highest BCUT2D eigenvalue weighted by Crippen LogP contribution is 2.31. The van der Waals surface area contributed by atoms with Crippen LogP contribution in [0.3, 0.4) is 0 Å². The van der Waals surface area contributed by atoms with Crippen molar-refractivity contribution >= 4 is 22.8 Å². The van der Waals surface area contributed by atoms with Gasteiger partial charge < -0.3 is 9.47 Å². The number of aromatic nitrogens is 4. The Balaban J connectivity index is 2.00. The quantitative estimate of drug-likeness (QED) is 0.678. The normalized spacial score (nSPS) is 14.7. The fourth-order valence-electron chi connectivity index (χ4n) is 3.55. The van der Waals surface area contributed by atoms with Crippen LogP contribution in [0, 0.1) is 6.92 Å². The van der Waals surface area contributed by atoms with Gasteiger partial charge in [0.25, 0.3) is 5.56 Å². The molecule has 0 aliphatic carbocycles. The Morgan fingerprint density at radius 2 is 2.04 bits per heavy atom. The minimum Gasteiger partial charge on any atom is -0.310 e. The van der Waals surface area contributed by atoms with Crippen LogP contribution in [0.25, 0.3) is 11.2 Å². The molecule has 1 atom stereocenters. The van der Waals surface area contributed by atoms with E-state index in [-0.39, 0.29) is 17.3 Å². The summed E-state index contributed by atoms with van der Waals surface area (Å²) in [5, 5.41) is 0. The fourth-order valence-corrected chi connectivity index (χ4v) is 3.55. The maximum Gasteiger partial charge on any atom is 0.333 e. The molecule has 0 N–H and O–H groups in total. The summed E-state index contributed by atoms with van der Waals surface area (Å²) in [7, 11) is 1.65. The van der Waals surface area contributed by atoms with Crippen LogP contribution in [-0.4, -0.2) is 25.2 Å². The smallest absolute Gasteiger partial charge is 0.310 e. The van der Waals surface area contributed by atoms with Gasteiger partial charge in [-0.05, 0) is 31.5 Å². The molecule has 26 heavy (non-hydrogen) atoms. The molecule has 0 radical (unpaired) electrons. The predicted octanol–water partition coefficient (Wildman–Crippen LogP) is 2.10. The molecule has 2 aromatic heterocycles. The van der Waals surface area contributed by atoms with Crippen LogP contribution in [0.2, 0.25) is 0 Å². The Kier molecular flexibility index (Phi) is 3.61. The van der Waals surface area contributed by atoms with E-state index in [9.17, 15) is 9.59 Å². The SMILES string of the molecule is C=CC(C)n1c(=O)c2c(nc3n2CCN3c2cccc(C)c2)n(C)c1=O. The van der Waals surface area contributed by atoms with E-state index in [4.69, 9.17) is 0 Å². The van der Waals surface area contributed by atoms with Crippen LogP contribution in [0.4, 0.5) is 11.6 Å².